The predicted octanol–water partition coefficient (Wildman–Crippen LogP) is 3.20. The van der Waals surface area contributed by atoms with Gasteiger partial charge in [-0.25, -0.2) is 8.42 Å². The molecule has 11 heteroatoms. The topological polar surface area (TPSA) is 114 Å². The molecule has 0 saturated heterocycles. The van der Waals surface area contributed by atoms with Crippen molar-refractivity contribution in [3.05, 3.63) is 48.0 Å². The number of nitrogens with zero attached hydrogens (tertiary/aromatic N) is 2. The molecule has 2 rings (SSSR count). The van der Waals surface area contributed by atoms with E-state index in [2.05, 4.69) is 5.32 Å². The largest absolute Gasteiger partial charge is 0.497 e. The molecule has 0 unspecified atom stereocenters. The summed E-state index contributed by atoms with van der Waals surface area (Å²) in [7, 11) is 0.502. The van der Waals surface area contributed by atoms with Crippen LogP contribution in [0.2, 0.25) is 0 Å². The van der Waals surface area contributed by atoms with E-state index in [9.17, 15) is 18.0 Å². The van der Waals surface area contributed by atoms with Crippen LogP contribution < -0.4 is 23.8 Å². The molecule has 0 heterocycles. The summed E-state index contributed by atoms with van der Waals surface area (Å²) in [4.78, 5) is 28.5. The van der Waals surface area contributed by atoms with E-state index >= 15 is 0 Å². The Bertz CT molecular complexity index is 1190. The maximum atomic E-state index is 13.9. The Kier molecular flexibility index (Phi) is 11.2. The molecule has 2 amide bonds. The van der Waals surface area contributed by atoms with Crippen molar-refractivity contribution in [2.24, 2.45) is 0 Å². The molecule has 210 valence electrons. The molecule has 0 aliphatic heterocycles. The molecule has 2 aromatic carbocycles. The van der Waals surface area contributed by atoms with E-state index in [0.29, 0.717) is 17.9 Å². The number of benzene rings is 2. The van der Waals surface area contributed by atoms with Gasteiger partial charge in [0.05, 0.1) is 33.3 Å². The van der Waals surface area contributed by atoms with Gasteiger partial charge in [0.25, 0.3) is 0 Å². The van der Waals surface area contributed by atoms with Gasteiger partial charge in [0, 0.05) is 18.7 Å². The highest BCUT2D eigenvalue weighted by Crippen LogP contribution is 2.34. The molecule has 0 saturated carbocycles. The number of carbonyl (C=O) groups excluding carboxylic acids is 2. The third-order valence-electron chi connectivity index (χ3n) is 6.23. The van der Waals surface area contributed by atoms with Gasteiger partial charge in [-0.15, -0.1) is 0 Å². The van der Waals surface area contributed by atoms with Gasteiger partial charge in [0.2, 0.25) is 21.8 Å². The standard InChI is InChI=1S/C27H39N3O7S/c1-8-19(3)28-27(32)23(9-2)29(17-20-10-12-21(35-4)13-11-20)26(31)18-30(38(7,33)34)24-16-22(36-5)14-15-25(24)37-6/h10-16,19,23H,8-9,17-18H2,1-7H3,(H,28,32)/t19-,23+/m0/s1. The highest BCUT2D eigenvalue weighted by molar-refractivity contribution is 7.92. The van der Waals surface area contributed by atoms with Crippen LogP contribution in [-0.4, -0.2) is 71.3 Å². The predicted molar refractivity (Wildman–Crippen MR) is 147 cm³/mol. The van der Waals surface area contributed by atoms with Crippen LogP contribution in [-0.2, 0) is 26.2 Å². The fourth-order valence-corrected chi connectivity index (χ4v) is 4.72. The summed E-state index contributed by atoms with van der Waals surface area (Å²) in [6.07, 6.45) is 2.08. The van der Waals surface area contributed by atoms with Crippen molar-refractivity contribution in [2.45, 2.75) is 52.2 Å². The minimum Gasteiger partial charge on any atom is -0.497 e. The number of ether oxygens (including phenoxy) is 3. The summed E-state index contributed by atoms with van der Waals surface area (Å²) in [6, 6.07) is 10.9. The number of hydrogen-bond donors (Lipinski definition) is 1. The molecule has 0 radical (unpaired) electrons. The monoisotopic (exact) mass is 549 g/mol. The highest BCUT2D eigenvalue weighted by atomic mass is 32.2. The second-order valence-corrected chi connectivity index (χ2v) is 10.8. The van der Waals surface area contributed by atoms with Crippen molar-refractivity contribution >= 4 is 27.5 Å². The number of rotatable bonds is 14. The quantitative estimate of drug-likeness (QED) is 0.385. The SMILES string of the molecule is CC[C@H](C(=O)N[C@@H](C)CC)N(Cc1ccc(OC)cc1)C(=O)CN(c1cc(OC)ccc1OC)S(C)(=O)=O. The lowest BCUT2D eigenvalue weighted by Crippen LogP contribution is -2.53. The van der Waals surface area contributed by atoms with Crippen LogP contribution in [0.1, 0.15) is 39.2 Å². The zero-order valence-electron chi connectivity index (χ0n) is 23.2. The van der Waals surface area contributed by atoms with Gasteiger partial charge in [-0.3, -0.25) is 13.9 Å². The van der Waals surface area contributed by atoms with Crippen molar-refractivity contribution in [1.29, 1.82) is 0 Å². The van der Waals surface area contributed by atoms with Crippen LogP contribution >= 0.6 is 0 Å². The number of methoxy groups -OCH3 is 3. The first kappa shape index (κ1) is 30.8. The fraction of sp³-hybridized carbons (Fsp3) is 0.481. The van der Waals surface area contributed by atoms with Crippen LogP contribution in [0.15, 0.2) is 42.5 Å². The van der Waals surface area contributed by atoms with Gasteiger partial charge < -0.3 is 24.4 Å². The summed E-state index contributed by atoms with van der Waals surface area (Å²) in [5.41, 5.74) is 0.919. The Hall–Kier alpha value is -3.47. The van der Waals surface area contributed by atoms with Crippen LogP contribution in [0.5, 0.6) is 17.2 Å². The molecule has 0 spiro atoms. The number of amides is 2. The third-order valence-corrected chi connectivity index (χ3v) is 7.36. The molecular formula is C27H39N3O7S. The van der Waals surface area contributed by atoms with Gasteiger partial charge in [0.15, 0.2) is 0 Å². The van der Waals surface area contributed by atoms with E-state index < -0.39 is 28.5 Å². The second kappa shape index (κ2) is 13.9. The summed E-state index contributed by atoms with van der Waals surface area (Å²) in [6.45, 7) is 5.22. The van der Waals surface area contributed by atoms with Gasteiger partial charge in [-0.2, -0.15) is 0 Å². The summed E-state index contributed by atoms with van der Waals surface area (Å²) < 4.78 is 42.7. The Morgan fingerprint density at radius 1 is 0.921 bits per heavy atom. The maximum Gasteiger partial charge on any atom is 0.244 e. The lowest BCUT2D eigenvalue weighted by atomic mass is 10.1. The maximum absolute atomic E-state index is 13.9. The molecule has 2 aromatic rings. The molecule has 0 fully saturated rings. The second-order valence-electron chi connectivity index (χ2n) is 8.92. The molecule has 0 aromatic heterocycles. The molecule has 38 heavy (non-hydrogen) atoms. The van der Waals surface area contributed by atoms with Crippen LogP contribution in [0.25, 0.3) is 0 Å². The summed E-state index contributed by atoms with van der Waals surface area (Å²) in [5, 5.41) is 2.95. The Morgan fingerprint density at radius 3 is 2.03 bits per heavy atom. The van der Waals surface area contributed by atoms with Gasteiger partial charge in [-0.1, -0.05) is 26.0 Å². The Morgan fingerprint density at radius 2 is 1.53 bits per heavy atom. The first-order valence-electron chi connectivity index (χ1n) is 12.4. The number of nitrogens with one attached hydrogen (secondary N) is 1. The van der Waals surface area contributed by atoms with Crippen molar-refractivity contribution in [3.63, 3.8) is 0 Å². The molecular weight excluding hydrogens is 510 g/mol. The first-order valence-corrected chi connectivity index (χ1v) is 14.3. The Balaban J connectivity index is 2.52. The summed E-state index contributed by atoms with van der Waals surface area (Å²) in [5.74, 6) is 0.473. The van der Waals surface area contributed by atoms with E-state index in [1.165, 1.54) is 25.2 Å². The van der Waals surface area contributed by atoms with E-state index in [-0.39, 0.29) is 29.9 Å². The van der Waals surface area contributed by atoms with Gasteiger partial charge in [0.1, 0.15) is 29.8 Å². The molecule has 0 aliphatic rings. The fourth-order valence-electron chi connectivity index (χ4n) is 3.87. The van der Waals surface area contributed by atoms with Gasteiger partial charge >= 0.3 is 0 Å². The molecule has 0 aliphatic carbocycles. The van der Waals surface area contributed by atoms with E-state index in [1.54, 1.807) is 43.5 Å². The number of anilines is 1. The molecule has 2 atom stereocenters. The Labute approximate surface area is 225 Å². The lowest BCUT2D eigenvalue weighted by Gasteiger charge is -2.33. The summed E-state index contributed by atoms with van der Waals surface area (Å²) >= 11 is 0. The average Bonchev–Trinajstić information content (AvgIpc) is 2.90. The van der Waals surface area contributed by atoms with Crippen molar-refractivity contribution in [2.75, 3.05) is 38.4 Å². The van der Waals surface area contributed by atoms with E-state index in [4.69, 9.17) is 14.2 Å². The lowest BCUT2D eigenvalue weighted by molar-refractivity contribution is -0.140. The third kappa shape index (κ3) is 8.01. The van der Waals surface area contributed by atoms with E-state index in [1.807, 2.05) is 20.8 Å². The van der Waals surface area contributed by atoms with E-state index in [0.717, 1.165) is 22.5 Å². The van der Waals surface area contributed by atoms with Crippen molar-refractivity contribution in [3.8, 4) is 17.2 Å². The van der Waals surface area contributed by atoms with Crippen LogP contribution in [0, 0.1) is 0 Å². The van der Waals surface area contributed by atoms with Gasteiger partial charge in [-0.05, 0) is 49.6 Å². The normalized spacial score (nSPS) is 12.7. The average molecular weight is 550 g/mol. The van der Waals surface area contributed by atoms with Crippen molar-refractivity contribution < 1.29 is 32.2 Å². The first-order chi connectivity index (χ1) is 18.0. The molecule has 0 bridgehead atoms. The zero-order valence-corrected chi connectivity index (χ0v) is 24.0. The van der Waals surface area contributed by atoms with Crippen molar-refractivity contribution in [1.82, 2.24) is 10.2 Å². The molecule has 1 N–H and O–H groups in total. The smallest absolute Gasteiger partial charge is 0.244 e. The zero-order chi connectivity index (χ0) is 28.5. The number of sulfonamides is 1. The number of hydrogen-bond acceptors (Lipinski definition) is 7. The minimum atomic E-state index is -3.93. The minimum absolute atomic E-state index is 0.0805. The highest BCUT2D eigenvalue weighted by Gasteiger charge is 2.33. The van der Waals surface area contributed by atoms with Crippen LogP contribution in [0.3, 0.4) is 0 Å². The molecule has 10 nitrogen and oxygen atoms in total. The number of carbonyl (C=O) groups is 2. The van der Waals surface area contributed by atoms with Crippen LogP contribution in [0.4, 0.5) is 5.69 Å².